The summed E-state index contributed by atoms with van der Waals surface area (Å²) in [4.78, 5) is 13.5. The van der Waals surface area contributed by atoms with Crippen molar-refractivity contribution in [2.75, 3.05) is 6.61 Å². The van der Waals surface area contributed by atoms with Gasteiger partial charge < -0.3 is 25.2 Å². The lowest BCUT2D eigenvalue weighted by molar-refractivity contribution is 0.209. The molecular formula is C39H59N3O5. The van der Waals surface area contributed by atoms with Gasteiger partial charge in [-0.15, -0.1) is 0 Å². The number of ether oxygens (including phenoxy) is 1. The summed E-state index contributed by atoms with van der Waals surface area (Å²) in [5.41, 5.74) is 0.603. The maximum atomic E-state index is 10.5. The van der Waals surface area contributed by atoms with Crippen molar-refractivity contribution in [3.63, 3.8) is 0 Å². The number of hydrogen-bond acceptors (Lipinski definition) is 8. The van der Waals surface area contributed by atoms with Crippen LogP contribution in [0.3, 0.4) is 0 Å². The second-order valence-electron chi connectivity index (χ2n) is 13.1. The zero-order valence-corrected chi connectivity index (χ0v) is 28.9. The lowest BCUT2D eigenvalue weighted by Crippen LogP contribution is -2.14. The molecule has 0 aliphatic rings. The van der Waals surface area contributed by atoms with Crippen molar-refractivity contribution in [1.82, 2.24) is 15.0 Å². The Morgan fingerprint density at radius 1 is 0.511 bits per heavy atom. The molecule has 0 saturated carbocycles. The van der Waals surface area contributed by atoms with Gasteiger partial charge in [0.05, 0.1) is 17.7 Å². The van der Waals surface area contributed by atoms with E-state index in [1.807, 2.05) is 0 Å². The predicted molar refractivity (Wildman–Crippen MR) is 190 cm³/mol. The second-order valence-corrected chi connectivity index (χ2v) is 13.1. The van der Waals surface area contributed by atoms with E-state index < -0.39 is 0 Å². The van der Waals surface area contributed by atoms with Crippen LogP contribution >= 0.6 is 0 Å². The smallest absolute Gasteiger partial charge is 0.320 e. The maximum Gasteiger partial charge on any atom is 0.320 e. The van der Waals surface area contributed by atoms with Crippen molar-refractivity contribution in [3.05, 3.63) is 36.4 Å². The van der Waals surface area contributed by atoms with Gasteiger partial charge in [0.1, 0.15) is 23.0 Å². The lowest BCUT2D eigenvalue weighted by atomic mass is 9.94. The van der Waals surface area contributed by atoms with E-state index in [0.717, 1.165) is 12.8 Å². The average molecular weight is 650 g/mol. The number of hydrogen-bond donors (Lipinski definition) is 4. The van der Waals surface area contributed by atoms with Crippen LogP contribution in [0.4, 0.5) is 0 Å². The third-order valence-corrected chi connectivity index (χ3v) is 8.94. The summed E-state index contributed by atoms with van der Waals surface area (Å²) in [7, 11) is 0. The summed E-state index contributed by atoms with van der Waals surface area (Å²) in [6.45, 7) is 4.99. The number of phenolic OH excluding ortho intramolecular Hbond substituents is 4. The van der Waals surface area contributed by atoms with Gasteiger partial charge in [-0.25, -0.2) is 4.98 Å². The van der Waals surface area contributed by atoms with E-state index in [0.29, 0.717) is 23.7 Å². The Morgan fingerprint density at radius 3 is 1.28 bits per heavy atom. The summed E-state index contributed by atoms with van der Waals surface area (Å²) in [5, 5.41) is 40.7. The molecular weight excluding hydrogens is 590 g/mol. The molecule has 0 aliphatic heterocycles. The lowest BCUT2D eigenvalue weighted by Gasteiger charge is -2.18. The van der Waals surface area contributed by atoms with Gasteiger partial charge in [0.2, 0.25) is 0 Å². The van der Waals surface area contributed by atoms with Crippen LogP contribution in [0.5, 0.6) is 29.0 Å². The van der Waals surface area contributed by atoms with Crippen molar-refractivity contribution in [1.29, 1.82) is 0 Å². The number of rotatable bonds is 25. The van der Waals surface area contributed by atoms with E-state index in [1.165, 1.54) is 152 Å². The van der Waals surface area contributed by atoms with Crippen molar-refractivity contribution in [2.24, 2.45) is 5.92 Å². The molecule has 8 heteroatoms. The molecule has 8 nitrogen and oxygen atoms in total. The fourth-order valence-electron chi connectivity index (χ4n) is 6.07. The minimum absolute atomic E-state index is 0.0797. The van der Waals surface area contributed by atoms with Crippen LogP contribution in [0.1, 0.15) is 142 Å². The number of unbranched alkanes of at least 4 members (excludes halogenated alkanes) is 16. The summed E-state index contributed by atoms with van der Waals surface area (Å²) in [6.07, 6.45) is 25.6. The molecule has 1 atom stereocenters. The van der Waals surface area contributed by atoms with E-state index in [9.17, 15) is 20.4 Å². The number of aromatic hydroxyl groups is 4. The fraction of sp³-hybridized carbons (Fsp3) is 0.615. The van der Waals surface area contributed by atoms with Crippen molar-refractivity contribution in [3.8, 4) is 51.8 Å². The van der Waals surface area contributed by atoms with Crippen LogP contribution in [0.25, 0.3) is 22.8 Å². The molecule has 0 saturated heterocycles. The van der Waals surface area contributed by atoms with E-state index in [1.54, 1.807) is 0 Å². The molecule has 2 aromatic carbocycles. The average Bonchev–Trinajstić information content (AvgIpc) is 3.05. The minimum Gasteiger partial charge on any atom is -0.508 e. The quantitative estimate of drug-likeness (QED) is 0.0667. The molecule has 0 fully saturated rings. The highest BCUT2D eigenvalue weighted by Crippen LogP contribution is 2.35. The van der Waals surface area contributed by atoms with Crippen LogP contribution in [-0.2, 0) is 0 Å². The number of benzene rings is 2. The minimum atomic E-state index is -0.184. The van der Waals surface area contributed by atoms with Gasteiger partial charge in [0.15, 0.2) is 11.6 Å². The van der Waals surface area contributed by atoms with Crippen LogP contribution in [0.15, 0.2) is 36.4 Å². The number of phenols is 4. The SMILES string of the molecule is CCCCCCCCCCCCC(CCCCCCCCCC)COc1nc(-c2ccc(O)cc2O)nc(-c2ccc(O)cc2O)n1. The first-order valence-electron chi connectivity index (χ1n) is 18.3. The molecule has 47 heavy (non-hydrogen) atoms. The molecule has 0 amide bonds. The first-order chi connectivity index (χ1) is 22.9. The van der Waals surface area contributed by atoms with Gasteiger partial charge in [-0.2, -0.15) is 9.97 Å². The Hall–Kier alpha value is -3.55. The van der Waals surface area contributed by atoms with Crippen LogP contribution in [0.2, 0.25) is 0 Å². The zero-order chi connectivity index (χ0) is 33.7. The van der Waals surface area contributed by atoms with Crippen molar-refractivity contribution < 1.29 is 25.2 Å². The Bertz CT molecular complexity index is 1230. The standard InChI is InChI=1S/C39H59N3O5/c1-3-5-7-9-11-13-14-16-18-20-22-30(21-19-17-15-12-10-8-6-4-2)29-47-39-41-37(33-25-23-31(43)27-35(33)45)40-38(42-39)34-26-24-32(44)28-36(34)46/h23-28,30,43-46H,3-22,29H2,1-2H3. The molecule has 1 heterocycles. The van der Waals surface area contributed by atoms with E-state index in [-0.39, 0.29) is 40.7 Å². The monoisotopic (exact) mass is 649 g/mol. The van der Waals surface area contributed by atoms with E-state index >= 15 is 0 Å². The van der Waals surface area contributed by atoms with Crippen LogP contribution in [-0.4, -0.2) is 42.0 Å². The van der Waals surface area contributed by atoms with Gasteiger partial charge >= 0.3 is 6.01 Å². The van der Waals surface area contributed by atoms with Crippen molar-refractivity contribution >= 4 is 0 Å². The highest BCUT2D eigenvalue weighted by Gasteiger charge is 2.18. The third-order valence-electron chi connectivity index (χ3n) is 8.94. The normalized spacial score (nSPS) is 12.0. The zero-order valence-electron chi connectivity index (χ0n) is 28.9. The van der Waals surface area contributed by atoms with Crippen molar-refractivity contribution in [2.45, 2.75) is 142 Å². The summed E-state index contributed by atoms with van der Waals surface area (Å²) in [6, 6.07) is 8.51. The van der Waals surface area contributed by atoms with Crippen LogP contribution < -0.4 is 4.74 Å². The molecule has 1 aromatic heterocycles. The second kappa shape index (κ2) is 22.1. The van der Waals surface area contributed by atoms with Crippen LogP contribution in [0, 0.1) is 5.92 Å². The Labute approximate surface area is 282 Å². The van der Waals surface area contributed by atoms with E-state index in [4.69, 9.17) is 4.74 Å². The molecule has 260 valence electrons. The Kier molecular flexibility index (Phi) is 17.8. The van der Waals surface area contributed by atoms with Gasteiger partial charge in [-0.3, -0.25) is 0 Å². The molecule has 0 aliphatic carbocycles. The Balaban J connectivity index is 1.66. The first kappa shape index (κ1) is 37.9. The Morgan fingerprint density at radius 2 is 0.894 bits per heavy atom. The first-order valence-corrected chi connectivity index (χ1v) is 18.3. The van der Waals surface area contributed by atoms with Gasteiger partial charge in [-0.1, -0.05) is 129 Å². The molecule has 1 unspecified atom stereocenters. The summed E-state index contributed by atoms with van der Waals surface area (Å²) >= 11 is 0. The summed E-state index contributed by atoms with van der Waals surface area (Å²) < 4.78 is 6.26. The highest BCUT2D eigenvalue weighted by molar-refractivity contribution is 5.70. The topological polar surface area (TPSA) is 129 Å². The largest absolute Gasteiger partial charge is 0.508 e. The number of nitrogens with zero attached hydrogens (tertiary/aromatic N) is 3. The molecule has 3 rings (SSSR count). The van der Waals surface area contributed by atoms with E-state index in [2.05, 4.69) is 28.8 Å². The molecule has 4 N–H and O–H groups in total. The molecule has 0 radical (unpaired) electrons. The van der Waals surface area contributed by atoms with Gasteiger partial charge in [0, 0.05) is 12.1 Å². The molecule has 0 bridgehead atoms. The molecule has 3 aromatic rings. The summed E-state index contributed by atoms with van der Waals surface area (Å²) in [5.74, 6) is 0.159. The highest BCUT2D eigenvalue weighted by atomic mass is 16.5. The maximum absolute atomic E-state index is 10.5. The fourth-order valence-corrected chi connectivity index (χ4v) is 6.07. The predicted octanol–water partition coefficient (Wildman–Crippen LogP) is 10.9. The third kappa shape index (κ3) is 14.4. The molecule has 0 spiro atoms. The van der Waals surface area contributed by atoms with Gasteiger partial charge in [-0.05, 0) is 43.0 Å². The number of aromatic nitrogens is 3. The van der Waals surface area contributed by atoms with Gasteiger partial charge in [0.25, 0.3) is 0 Å².